The van der Waals surface area contributed by atoms with E-state index in [-0.39, 0.29) is 11.1 Å². The first-order valence-corrected chi connectivity index (χ1v) is 5.24. The van der Waals surface area contributed by atoms with E-state index in [4.69, 9.17) is 0 Å². The van der Waals surface area contributed by atoms with Crippen LogP contribution in [-0.2, 0) is 12.4 Å². The molecular weight excluding hydrogens is 286 g/mol. The quantitative estimate of drug-likeness (QED) is 0.737. The minimum Gasteiger partial charge on any atom is -0.244 e. The van der Waals surface area contributed by atoms with E-state index in [9.17, 15) is 26.3 Å². The minimum absolute atomic E-state index is 0.0362. The third-order valence-electron chi connectivity index (χ3n) is 2.50. The van der Waals surface area contributed by atoms with E-state index >= 15 is 0 Å². The van der Waals surface area contributed by atoms with E-state index in [0.717, 1.165) is 24.7 Å². The van der Waals surface area contributed by atoms with Gasteiger partial charge >= 0.3 is 12.4 Å². The molecule has 0 spiro atoms. The maximum atomic E-state index is 12.7. The van der Waals surface area contributed by atoms with Gasteiger partial charge in [-0.2, -0.15) is 26.3 Å². The first kappa shape index (κ1) is 14.3. The molecule has 1 aromatic heterocycles. The summed E-state index contributed by atoms with van der Waals surface area (Å²) < 4.78 is 75.4. The summed E-state index contributed by atoms with van der Waals surface area (Å²) in [5.41, 5.74) is -2.53. The van der Waals surface area contributed by atoms with Crippen LogP contribution in [0.4, 0.5) is 26.3 Å². The lowest BCUT2D eigenvalue weighted by atomic mass is 10.0. The van der Waals surface area contributed by atoms with Crippen LogP contribution < -0.4 is 0 Å². The van der Waals surface area contributed by atoms with Gasteiger partial charge in [0.25, 0.3) is 0 Å². The second-order valence-electron chi connectivity index (χ2n) is 3.86. The van der Waals surface area contributed by atoms with E-state index in [1.165, 1.54) is 0 Å². The Balaban J connectivity index is 2.48. The molecule has 2 rings (SSSR count). The Morgan fingerprint density at radius 2 is 1.40 bits per heavy atom. The van der Waals surface area contributed by atoms with Crippen LogP contribution in [0.5, 0.6) is 0 Å². The fourth-order valence-corrected chi connectivity index (χ4v) is 1.61. The fourth-order valence-electron chi connectivity index (χ4n) is 1.61. The van der Waals surface area contributed by atoms with Crippen molar-refractivity contribution < 1.29 is 26.3 Å². The van der Waals surface area contributed by atoms with Crippen molar-refractivity contribution in [1.29, 1.82) is 0 Å². The molecule has 2 aromatic rings. The molecule has 0 radical (unpaired) electrons. The molecule has 0 atom stereocenters. The Kier molecular flexibility index (Phi) is 3.41. The molecule has 1 heterocycles. The predicted octanol–water partition coefficient (Wildman–Crippen LogP) is 4.18. The summed E-state index contributed by atoms with van der Waals surface area (Å²) in [4.78, 5) is 6.61. The third kappa shape index (κ3) is 2.89. The molecule has 0 bridgehead atoms. The zero-order valence-electron chi connectivity index (χ0n) is 9.63. The summed E-state index contributed by atoms with van der Waals surface area (Å²) in [6, 6.07) is 3.33. The molecule has 0 aliphatic heterocycles. The molecule has 2 nitrogen and oxygen atoms in total. The standard InChI is InChI=1S/C12H6F6N2/c13-11(14,15)8-3-1-7(2-4-8)9-5-19-6-20-10(9)12(16,17)18/h1-6H. The maximum absolute atomic E-state index is 12.7. The van der Waals surface area contributed by atoms with Gasteiger partial charge < -0.3 is 0 Å². The monoisotopic (exact) mass is 292 g/mol. The number of hydrogen-bond donors (Lipinski definition) is 0. The average Bonchev–Trinajstić information content (AvgIpc) is 2.37. The van der Waals surface area contributed by atoms with Crippen LogP contribution in [0.3, 0.4) is 0 Å². The van der Waals surface area contributed by atoms with Crippen LogP contribution in [-0.4, -0.2) is 9.97 Å². The molecule has 1 aromatic carbocycles. The highest BCUT2D eigenvalue weighted by Crippen LogP contribution is 2.36. The van der Waals surface area contributed by atoms with Gasteiger partial charge in [0.2, 0.25) is 0 Å². The van der Waals surface area contributed by atoms with Gasteiger partial charge in [0.05, 0.1) is 5.56 Å². The van der Waals surface area contributed by atoms with Crippen LogP contribution in [0.25, 0.3) is 11.1 Å². The normalized spacial score (nSPS) is 12.5. The minimum atomic E-state index is -4.71. The van der Waals surface area contributed by atoms with Crippen LogP contribution in [0.2, 0.25) is 0 Å². The van der Waals surface area contributed by atoms with Crippen molar-refractivity contribution in [2.45, 2.75) is 12.4 Å². The van der Waals surface area contributed by atoms with Crippen LogP contribution in [0.1, 0.15) is 11.3 Å². The molecule has 0 saturated heterocycles. The topological polar surface area (TPSA) is 25.8 Å². The van der Waals surface area contributed by atoms with Gasteiger partial charge in [-0.25, -0.2) is 9.97 Å². The third-order valence-corrected chi connectivity index (χ3v) is 2.50. The highest BCUT2D eigenvalue weighted by molar-refractivity contribution is 5.65. The van der Waals surface area contributed by atoms with Gasteiger partial charge in [-0.1, -0.05) is 12.1 Å². The van der Waals surface area contributed by atoms with Crippen molar-refractivity contribution in [3.05, 3.63) is 48.0 Å². The lowest BCUT2D eigenvalue weighted by Gasteiger charge is -2.12. The van der Waals surface area contributed by atoms with Crippen LogP contribution in [0.15, 0.2) is 36.8 Å². The highest BCUT2D eigenvalue weighted by Gasteiger charge is 2.36. The summed E-state index contributed by atoms with van der Waals surface area (Å²) in [5.74, 6) is 0. The fraction of sp³-hybridized carbons (Fsp3) is 0.167. The summed E-state index contributed by atoms with van der Waals surface area (Å²) in [5, 5.41) is 0. The Labute approximate surface area is 109 Å². The average molecular weight is 292 g/mol. The highest BCUT2D eigenvalue weighted by atomic mass is 19.4. The van der Waals surface area contributed by atoms with Gasteiger partial charge in [-0.15, -0.1) is 0 Å². The lowest BCUT2D eigenvalue weighted by molar-refractivity contribution is -0.141. The summed E-state index contributed by atoms with van der Waals surface area (Å²) >= 11 is 0. The van der Waals surface area contributed by atoms with Crippen molar-refractivity contribution in [2.75, 3.05) is 0 Å². The van der Waals surface area contributed by atoms with Gasteiger partial charge in [0, 0.05) is 11.8 Å². The molecule has 0 aliphatic carbocycles. The van der Waals surface area contributed by atoms with Gasteiger partial charge in [0.15, 0.2) is 5.69 Å². The first-order chi connectivity index (χ1) is 9.19. The molecule has 0 amide bonds. The molecule has 0 unspecified atom stereocenters. The van der Waals surface area contributed by atoms with E-state index in [1.54, 1.807) is 0 Å². The largest absolute Gasteiger partial charge is 0.434 e. The van der Waals surface area contributed by atoms with Gasteiger partial charge in [-0.05, 0) is 17.7 Å². The second-order valence-corrected chi connectivity index (χ2v) is 3.86. The Morgan fingerprint density at radius 3 is 1.90 bits per heavy atom. The number of hydrogen-bond acceptors (Lipinski definition) is 2. The maximum Gasteiger partial charge on any atom is 0.434 e. The molecule has 20 heavy (non-hydrogen) atoms. The number of nitrogens with zero attached hydrogens (tertiary/aromatic N) is 2. The molecule has 0 fully saturated rings. The number of alkyl halides is 6. The summed E-state index contributed by atoms with van der Waals surface area (Å²) in [6.45, 7) is 0. The number of halogens is 6. The van der Waals surface area contributed by atoms with Crippen molar-refractivity contribution in [3.8, 4) is 11.1 Å². The first-order valence-electron chi connectivity index (χ1n) is 5.24. The molecular formula is C12H6F6N2. The van der Waals surface area contributed by atoms with E-state index < -0.39 is 23.6 Å². The van der Waals surface area contributed by atoms with Crippen molar-refractivity contribution >= 4 is 0 Å². The zero-order valence-corrected chi connectivity index (χ0v) is 9.63. The van der Waals surface area contributed by atoms with Crippen molar-refractivity contribution in [1.82, 2.24) is 9.97 Å². The van der Waals surface area contributed by atoms with Crippen LogP contribution in [0, 0.1) is 0 Å². The molecule has 8 heteroatoms. The Morgan fingerprint density at radius 1 is 0.800 bits per heavy atom. The molecule has 106 valence electrons. The van der Waals surface area contributed by atoms with E-state index in [2.05, 4.69) is 9.97 Å². The molecule has 0 aliphatic rings. The Hall–Kier alpha value is -2.12. The second kappa shape index (κ2) is 4.77. The van der Waals surface area contributed by atoms with Gasteiger partial charge in [-0.3, -0.25) is 0 Å². The number of aromatic nitrogens is 2. The smallest absolute Gasteiger partial charge is 0.244 e. The number of rotatable bonds is 1. The van der Waals surface area contributed by atoms with Crippen molar-refractivity contribution in [3.63, 3.8) is 0 Å². The zero-order chi connectivity index (χ0) is 15.0. The van der Waals surface area contributed by atoms with Crippen molar-refractivity contribution in [2.24, 2.45) is 0 Å². The van der Waals surface area contributed by atoms with E-state index in [1.807, 2.05) is 0 Å². The molecule has 0 saturated carbocycles. The Bertz CT molecular complexity index is 601. The summed E-state index contributed by atoms with van der Waals surface area (Å²) in [6.07, 6.45) is -7.60. The van der Waals surface area contributed by atoms with Crippen LogP contribution >= 0.6 is 0 Å². The van der Waals surface area contributed by atoms with E-state index in [0.29, 0.717) is 12.1 Å². The summed E-state index contributed by atoms with van der Waals surface area (Å²) in [7, 11) is 0. The number of benzene rings is 1. The molecule has 0 N–H and O–H groups in total. The predicted molar refractivity (Wildman–Crippen MR) is 57.5 cm³/mol. The lowest BCUT2D eigenvalue weighted by Crippen LogP contribution is -2.10. The van der Waals surface area contributed by atoms with Gasteiger partial charge in [0.1, 0.15) is 6.33 Å². The SMILES string of the molecule is FC(F)(F)c1ccc(-c2cncnc2C(F)(F)F)cc1.